The van der Waals surface area contributed by atoms with Crippen LogP contribution in [-0.4, -0.2) is 28.1 Å². The fraction of sp³-hybridized carbons (Fsp3) is 0.222. The molecule has 27 heavy (non-hydrogen) atoms. The summed E-state index contributed by atoms with van der Waals surface area (Å²) in [6, 6.07) is 6.74. The molecule has 0 amide bonds. The minimum atomic E-state index is -5.15. The second kappa shape index (κ2) is 7.61. The van der Waals surface area contributed by atoms with Crippen LogP contribution in [0.5, 0.6) is 0 Å². The Kier molecular flexibility index (Phi) is 6.03. The molecule has 9 heteroatoms. The van der Waals surface area contributed by atoms with Crippen LogP contribution >= 0.6 is 27.5 Å². The molecular weight excluding hydrogens is 453 g/mol. The van der Waals surface area contributed by atoms with Crippen molar-refractivity contribution in [3.63, 3.8) is 0 Å². The summed E-state index contributed by atoms with van der Waals surface area (Å²) in [5.41, 5.74) is -4.04. The zero-order chi connectivity index (χ0) is 20.6. The van der Waals surface area contributed by atoms with Gasteiger partial charge in [0.15, 0.2) is 11.4 Å². The zero-order valence-electron chi connectivity index (χ0n) is 13.8. The summed E-state index contributed by atoms with van der Waals surface area (Å²) in [6.07, 6.45) is -6.43. The van der Waals surface area contributed by atoms with Gasteiger partial charge in [0, 0.05) is 15.1 Å². The Hall–Kier alpha value is -1.90. The number of hydrogen-bond donors (Lipinski definition) is 2. The lowest BCUT2D eigenvalue weighted by molar-refractivity contribution is -0.264. The maximum absolute atomic E-state index is 13.6. The van der Waals surface area contributed by atoms with Crippen molar-refractivity contribution >= 4 is 39.3 Å². The van der Waals surface area contributed by atoms with Crippen molar-refractivity contribution < 1.29 is 33.0 Å². The molecule has 2 aromatic carbocycles. The minimum absolute atomic E-state index is 0.0452. The predicted octanol–water partition coefficient (Wildman–Crippen LogP) is 5.13. The third kappa shape index (κ3) is 4.51. The first-order valence-corrected chi connectivity index (χ1v) is 8.65. The topological polar surface area (TPSA) is 74.6 Å². The maximum atomic E-state index is 13.6. The molecule has 0 fully saturated rings. The van der Waals surface area contributed by atoms with E-state index in [4.69, 9.17) is 16.7 Å². The monoisotopic (exact) mass is 464 g/mol. The van der Waals surface area contributed by atoms with Crippen molar-refractivity contribution in [3.8, 4) is 0 Å². The van der Waals surface area contributed by atoms with Crippen LogP contribution in [0.25, 0.3) is 0 Å². The third-order valence-electron chi connectivity index (χ3n) is 4.00. The quantitative estimate of drug-likeness (QED) is 0.600. The summed E-state index contributed by atoms with van der Waals surface area (Å²) in [5.74, 6) is -2.21. The van der Waals surface area contributed by atoms with Crippen molar-refractivity contribution in [1.82, 2.24) is 0 Å². The van der Waals surface area contributed by atoms with Crippen LogP contribution in [0.4, 0.5) is 13.2 Å². The van der Waals surface area contributed by atoms with Crippen LogP contribution in [0.2, 0.25) is 5.02 Å². The fourth-order valence-corrected chi connectivity index (χ4v) is 3.43. The Morgan fingerprint density at radius 2 is 1.78 bits per heavy atom. The fourth-order valence-electron chi connectivity index (χ4n) is 2.57. The van der Waals surface area contributed by atoms with E-state index in [1.807, 2.05) is 0 Å². The van der Waals surface area contributed by atoms with Crippen LogP contribution in [0.15, 0.2) is 40.9 Å². The predicted molar refractivity (Wildman–Crippen MR) is 96.2 cm³/mol. The van der Waals surface area contributed by atoms with Gasteiger partial charge in [-0.15, -0.1) is 0 Å². The third-order valence-corrected chi connectivity index (χ3v) is 4.68. The van der Waals surface area contributed by atoms with Crippen LogP contribution in [0.3, 0.4) is 0 Å². The Morgan fingerprint density at radius 1 is 1.15 bits per heavy atom. The molecule has 1 atom stereocenters. The van der Waals surface area contributed by atoms with Crippen molar-refractivity contribution in [3.05, 3.63) is 68.1 Å². The van der Waals surface area contributed by atoms with Gasteiger partial charge in [0.05, 0.1) is 12.0 Å². The van der Waals surface area contributed by atoms with E-state index in [-0.39, 0.29) is 26.2 Å². The molecule has 0 aromatic heterocycles. The number of halogens is 5. The van der Waals surface area contributed by atoms with Gasteiger partial charge in [0.25, 0.3) is 0 Å². The van der Waals surface area contributed by atoms with Gasteiger partial charge in [0.1, 0.15) is 0 Å². The van der Waals surface area contributed by atoms with Crippen LogP contribution in [0.1, 0.15) is 38.3 Å². The molecule has 0 radical (unpaired) electrons. The van der Waals surface area contributed by atoms with Crippen LogP contribution < -0.4 is 0 Å². The van der Waals surface area contributed by atoms with E-state index < -0.39 is 35.5 Å². The number of carboxylic acid groups (broad SMARTS) is 1. The lowest BCUT2D eigenvalue weighted by Crippen LogP contribution is -2.44. The number of alkyl halides is 3. The molecule has 0 heterocycles. The molecular formula is C18H13BrClF3O4. The number of hydrogen-bond acceptors (Lipinski definition) is 3. The van der Waals surface area contributed by atoms with E-state index in [0.29, 0.717) is 0 Å². The first kappa shape index (κ1) is 21.4. The summed E-state index contributed by atoms with van der Waals surface area (Å²) < 4.78 is 41.1. The Labute approximate surface area is 165 Å². The first-order chi connectivity index (χ1) is 12.3. The molecule has 144 valence electrons. The number of carbonyl (C=O) groups is 2. The standard InChI is InChI=1S/C18H13BrClF3O4/c1-9-4-10(2-3-14(9)16(25)26)15(24)8-17(27,18(21,22)23)11-5-12(19)7-13(20)6-11/h2-7,27H,8H2,1H3,(H,25,26). The van der Waals surface area contributed by atoms with Gasteiger partial charge in [-0.1, -0.05) is 33.6 Å². The highest BCUT2D eigenvalue weighted by Crippen LogP contribution is 2.43. The Morgan fingerprint density at radius 3 is 2.26 bits per heavy atom. The highest BCUT2D eigenvalue weighted by atomic mass is 79.9. The summed E-state index contributed by atoms with van der Waals surface area (Å²) in [6.45, 7) is 1.42. The van der Waals surface area contributed by atoms with Crippen LogP contribution in [0, 0.1) is 6.92 Å². The minimum Gasteiger partial charge on any atom is -0.478 e. The average Bonchev–Trinajstić information content (AvgIpc) is 2.52. The number of aliphatic hydroxyl groups is 1. The molecule has 0 saturated heterocycles. The lowest BCUT2D eigenvalue weighted by atomic mass is 9.86. The van der Waals surface area contributed by atoms with Crippen molar-refractivity contribution in [1.29, 1.82) is 0 Å². The SMILES string of the molecule is Cc1cc(C(=O)CC(O)(c2cc(Cl)cc(Br)c2)C(F)(F)F)ccc1C(=O)O. The summed E-state index contributed by atoms with van der Waals surface area (Å²) >= 11 is 8.79. The molecule has 0 aliphatic carbocycles. The van der Waals surface area contributed by atoms with E-state index in [2.05, 4.69) is 15.9 Å². The number of rotatable bonds is 5. The van der Waals surface area contributed by atoms with E-state index >= 15 is 0 Å². The lowest BCUT2D eigenvalue weighted by Gasteiger charge is -2.31. The molecule has 1 unspecified atom stereocenters. The van der Waals surface area contributed by atoms with Crippen molar-refractivity contribution in [2.24, 2.45) is 0 Å². The molecule has 2 N–H and O–H groups in total. The number of carbonyl (C=O) groups excluding carboxylic acids is 1. The van der Waals surface area contributed by atoms with Gasteiger partial charge in [-0.2, -0.15) is 13.2 Å². The van der Waals surface area contributed by atoms with Gasteiger partial charge < -0.3 is 10.2 Å². The molecule has 0 saturated carbocycles. The van der Waals surface area contributed by atoms with Gasteiger partial charge >= 0.3 is 12.1 Å². The van der Waals surface area contributed by atoms with Gasteiger partial charge in [-0.25, -0.2) is 4.79 Å². The maximum Gasteiger partial charge on any atom is 0.421 e. The largest absolute Gasteiger partial charge is 0.478 e. The normalized spacial score (nSPS) is 13.9. The van der Waals surface area contributed by atoms with E-state index in [1.54, 1.807) is 0 Å². The number of ketones is 1. The number of carboxylic acids is 1. The van der Waals surface area contributed by atoms with Gasteiger partial charge in [-0.05, 0) is 48.4 Å². The number of benzene rings is 2. The molecule has 2 rings (SSSR count). The Balaban J connectivity index is 2.46. The van der Waals surface area contributed by atoms with Crippen molar-refractivity contribution in [2.45, 2.75) is 25.1 Å². The van der Waals surface area contributed by atoms with Crippen molar-refractivity contribution in [2.75, 3.05) is 0 Å². The van der Waals surface area contributed by atoms with Gasteiger partial charge in [-0.3, -0.25) is 4.79 Å². The molecule has 0 aliphatic rings. The highest BCUT2D eigenvalue weighted by Gasteiger charge is 2.56. The highest BCUT2D eigenvalue weighted by molar-refractivity contribution is 9.10. The second-order valence-electron chi connectivity index (χ2n) is 5.95. The molecule has 2 aromatic rings. The van der Waals surface area contributed by atoms with E-state index in [1.165, 1.54) is 19.1 Å². The number of aromatic carboxylic acids is 1. The average molecular weight is 466 g/mol. The smallest absolute Gasteiger partial charge is 0.421 e. The molecule has 0 aliphatic heterocycles. The second-order valence-corrected chi connectivity index (χ2v) is 7.30. The first-order valence-electron chi connectivity index (χ1n) is 7.48. The molecule has 0 spiro atoms. The Bertz CT molecular complexity index is 894. The van der Waals surface area contributed by atoms with Gasteiger partial charge in [0.2, 0.25) is 0 Å². The number of Topliss-reactive ketones (excluding diaryl/α,β-unsaturated/α-hetero) is 1. The zero-order valence-corrected chi connectivity index (χ0v) is 16.1. The van der Waals surface area contributed by atoms with E-state index in [9.17, 15) is 27.9 Å². The number of aryl methyl sites for hydroxylation is 1. The molecule has 0 bridgehead atoms. The summed E-state index contributed by atoms with van der Waals surface area (Å²) in [4.78, 5) is 23.5. The van der Waals surface area contributed by atoms with Crippen LogP contribution in [-0.2, 0) is 5.60 Å². The summed E-state index contributed by atoms with van der Waals surface area (Å²) in [7, 11) is 0. The van der Waals surface area contributed by atoms with E-state index in [0.717, 1.165) is 24.3 Å². The summed E-state index contributed by atoms with van der Waals surface area (Å²) in [5, 5.41) is 19.3. The molecule has 4 nitrogen and oxygen atoms in total.